The highest BCUT2D eigenvalue weighted by atomic mass is 16.2. The molecule has 2 atom stereocenters. The lowest BCUT2D eigenvalue weighted by atomic mass is 9.81. The first-order valence-corrected chi connectivity index (χ1v) is 12.3. The summed E-state index contributed by atoms with van der Waals surface area (Å²) in [5.74, 6) is -0.0234. The van der Waals surface area contributed by atoms with Gasteiger partial charge in [-0.3, -0.25) is 9.59 Å². The number of carbonyl (C=O) groups is 2. The molecule has 2 aromatic rings. The van der Waals surface area contributed by atoms with Gasteiger partial charge in [-0.05, 0) is 56.7 Å². The maximum atomic E-state index is 13.7. The van der Waals surface area contributed by atoms with E-state index in [2.05, 4.69) is 24.4 Å². The maximum Gasteiger partial charge on any atom is 0.255 e. The van der Waals surface area contributed by atoms with E-state index in [9.17, 15) is 9.59 Å². The van der Waals surface area contributed by atoms with Gasteiger partial charge in [0, 0.05) is 24.1 Å². The largest absolute Gasteiger partial charge is 0.351 e. The molecule has 0 spiro atoms. The van der Waals surface area contributed by atoms with Crippen LogP contribution in [-0.4, -0.2) is 34.3 Å². The van der Waals surface area contributed by atoms with Crippen molar-refractivity contribution in [2.45, 2.75) is 89.3 Å². The number of nitrogens with zero attached hydrogens (tertiary/aromatic N) is 1. The van der Waals surface area contributed by atoms with Crippen molar-refractivity contribution in [3.8, 4) is 0 Å². The van der Waals surface area contributed by atoms with Gasteiger partial charge in [0.05, 0.1) is 0 Å². The monoisotopic (exact) mass is 432 g/mol. The van der Waals surface area contributed by atoms with Crippen molar-refractivity contribution < 1.29 is 9.59 Å². The molecule has 2 amide bonds. The van der Waals surface area contributed by atoms with Gasteiger partial charge in [-0.2, -0.15) is 0 Å². The van der Waals surface area contributed by atoms with Crippen LogP contribution in [-0.2, 0) is 17.6 Å². The minimum Gasteiger partial charge on any atom is -0.351 e. The second-order valence-corrected chi connectivity index (χ2v) is 9.82. The highest BCUT2D eigenvalue weighted by Gasteiger charge is 2.48. The second kappa shape index (κ2) is 9.89. The van der Waals surface area contributed by atoms with Crippen LogP contribution >= 0.6 is 0 Å². The van der Waals surface area contributed by atoms with Crippen molar-refractivity contribution in [3.63, 3.8) is 0 Å². The van der Waals surface area contributed by atoms with Crippen molar-refractivity contribution >= 4 is 11.8 Å². The number of carbonyl (C=O) groups excluding carboxylic acids is 2. The van der Waals surface area contributed by atoms with Crippen LogP contribution in [0.2, 0.25) is 0 Å². The van der Waals surface area contributed by atoms with Gasteiger partial charge >= 0.3 is 0 Å². The van der Waals surface area contributed by atoms with Crippen LogP contribution in [0, 0.1) is 0 Å². The Kier molecular flexibility index (Phi) is 6.98. The van der Waals surface area contributed by atoms with E-state index in [0.29, 0.717) is 6.42 Å². The van der Waals surface area contributed by atoms with Crippen molar-refractivity contribution in [1.82, 2.24) is 10.2 Å². The number of hydrogen-bond acceptors (Lipinski definition) is 2. The molecule has 0 aromatic heterocycles. The Labute approximate surface area is 192 Å². The molecule has 0 unspecified atom stereocenters. The predicted octanol–water partition coefficient (Wildman–Crippen LogP) is 5.30. The Morgan fingerprint density at radius 2 is 1.69 bits per heavy atom. The lowest BCUT2D eigenvalue weighted by Crippen LogP contribution is -2.65. The third kappa shape index (κ3) is 4.74. The van der Waals surface area contributed by atoms with Gasteiger partial charge in [-0.15, -0.1) is 0 Å². The smallest absolute Gasteiger partial charge is 0.255 e. The van der Waals surface area contributed by atoms with E-state index in [1.807, 2.05) is 54.3 Å². The van der Waals surface area contributed by atoms with Crippen molar-refractivity contribution in [2.75, 3.05) is 0 Å². The van der Waals surface area contributed by atoms with Gasteiger partial charge in [-0.1, -0.05) is 74.2 Å². The predicted molar refractivity (Wildman–Crippen MR) is 129 cm³/mol. The zero-order valence-electron chi connectivity index (χ0n) is 19.5. The van der Waals surface area contributed by atoms with E-state index < -0.39 is 5.54 Å². The number of fused-ring (bicyclic) bond motifs is 1. The average Bonchev–Trinajstić information content (AvgIpc) is 3.07. The van der Waals surface area contributed by atoms with Gasteiger partial charge in [0.2, 0.25) is 5.91 Å². The molecule has 4 nitrogen and oxygen atoms in total. The number of hydrogen-bond donors (Lipinski definition) is 1. The molecule has 2 aromatic carbocycles. The van der Waals surface area contributed by atoms with Gasteiger partial charge in [0.1, 0.15) is 5.54 Å². The number of nitrogens with one attached hydrogen (secondary N) is 1. The molecule has 32 heavy (non-hydrogen) atoms. The summed E-state index contributed by atoms with van der Waals surface area (Å²) in [5.41, 5.74) is 2.09. The van der Waals surface area contributed by atoms with Gasteiger partial charge in [0.25, 0.3) is 5.91 Å². The molecule has 1 saturated carbocycles. The van der Waals surface area contributed by atoms with Gasteiger partial charge in [-0.25, -0.2) is 0 Å². The van der Waals surface area contributed by atoms with Crippen LogP contribution in [0.25, 0.3) is 0 Å². The van der Waals surface area contributed by atoms with Gasteiger partial charge in [0.15, 0.2) is 0 Å². The number of aryl methyl sites for hydroxylation is 1. The third-order valence-electron chi connectivity index (χ3n) is 7.35. The quantitative estimate of drug-likeness (QED) is 0.630. The highest BCUT2D eigenvalue weighted by molar-refractivity contribution is 6.02. The summed E-state index contributed by atoms with van der Waals surface area (Å²) in [6.45, 7) is 4.05. The third-order valence-corrected chi connectivity index (χ3v) is 7.35. The molecule has 1 aliphatic carbocycles. The van der Waals surface area contributed by atoms with Crippen molar-refractivity contribution in [2.24, 2.45) is 0 Å². The first kappa shape index (κ1) is 22.6. The molecule has 2 aliphatic rings. The number of amides is 2. The fourth-order valence-electron chi connectivity index (χ4n) is 5.48. The van der Waals surface area contributed by atoms with Crippen molar-refractivity contribution in [3.05, 3.63) is 71.3 Å². The van der Waals surface area contributed by atoms with E-state index in [1.165, 1.54) is 31.2 Å². The highest BCUT2D eigenvalue weighted by Crippen LogP contribution is 2.34. The normalized spacial score (nSPS) is 22.7. The summed E-state index contributed by atoms with van der Waals surface area (Å²) >= 11 is 0. The van der Waals surface area contributed by atoms with Crippen LogP contribution in [0.15, 0.2) is 54.6 Å². The maximum absolute atomic E-state index is 13.7. The first-order valence-electron chi connectivity index (χ1n) is 12.3. The second-order valence-electron chi connectivity index (χ2n) is 9.82. The molecule has 1 aliphatic heterocycles. The summed E-state index contributed by atoms with van der Waals surface area (Å²) < 4.78 is 0. The van der Waals surface area contributed by atoms with Crippen LogP contribution < -0.4 is 5.32 Å². The van der Waals surface area contributed by atoms with Crippen molar-refractivity contribution in [1.29, 1.82) is 0 Å². The van der Waals surface area contributed by atoms with E-state index in [-0.39, 0.29) is 23.9 Å². The zero-order valence-corrected chi connectivity index (χ0v) is 19.5. The van der Waals surface area contributed by atoms with Crippen LogP contribution in [0.5, 0.6) is 0 Å². The fraction of sp³-hybridized carbons (Fsp3) is 0.500. The topological polar surface area (TPSA) is 49.4 Å². The van der Waals surface area contributed by atoms with Crippen LogP contribution in [0.4, 0.5) is 0 Å². The minimum atomic E-state index is -0.881. The molecule has 4 rings (SSSR count). The van der Waals surface area contributed by atoms with Gasteiger partial charge < -0.3 is 10.2 Å². The van der Waals surface area contributed by atoms with E-state index in [1.54, 1.807) is 0 Å². The molecular weight excluding hydrogens is 396 g/mol. The van der Waals surface area contributed by atoms with Crippen LogP contribution in [0.3, 0.4) is 0 Å². The SMILES string of the molecule is C[C@H](CCc1ccccc1)N1C(=O)c2ccccc2C[C@@]1(C)C(=O)NC1CCCCCC1. The number of rotatable bonds is 6. The summed E-state index contributed by atoms with van der Waals surface area (Å²) in [4.78, 5) is 29.3. The Balaban J connectivity index is 1.59. The standard InChI is InChI=1S/C28H36N2O2/c1-21(18-19-22-12-6-5-7-13-22)30-26(31)25-17-11-10-14-23(25)20-28(30,2)27(32)29-24-15-8-3-4-9-16-24/h5-7,10-14,17,21,24H,3-4,8-9,15-16,18-20H2,1-2H3,(H,29,32)/t21-,28+/m1/s1. The number of benzene rings is 2. The lowest BCUT2D eigenvalue weighted by molar-refractivity contribution is -0.133. The molecular formula is C28H36N2O2. The molecule has 1 heterocycles. The van der Waals surface area contributed by atoms with Crippen LogP contribution in [0.1, 0.15) is 80.3 Å². The van der Waals surface area contributed by atoms with E-state index >= 15 is 0 Å². The molecule has 170 valence electrons. The van der Waals surface area contributed by atoms with E-state index in [0.717, 1.165) is 36.8 Å². The Morgan fingerprint density at radius 3 is 2.41 bits per heavy atom. The zero-order chi connectivity index (χ0) is 22.6. The molecule has 1 N–H and O–H groups in total. The minimum absolute atomic E-state index is 0.00110. The summed E-state index contributed by atoms with van der Waals surface area (Å²) in [6.07, 6.45) is 9.17. The molecule has 0 saturated heterocycles. The summed E-state index contributed by atoms with van der Waals surface area (Å²) in [5, 5.41) is 3.35. The molecule has 0 bridgehead atoms. The molecule has 0 radical (unpaired) electrons. The molecule has 1 fully saturated rings. The average molecular weight is 433 g/mol. The fourth-order valence-corrected chi connectivity index (χ4v) is 5.48. The van der Waals surface area contributed by atoms with E-state index in [4.69, 9.17) is 0 Å². The first-order chi connectivity index (χ1) is 15.5. The molecule has 4 heteroatoms. The Bertz CT molecular complexity index is 933. The summed E-state index contributed by atoms with van der Waals surface area (Å²) in [6, 6.07) is 18.3. The Morgan fingerprint density at radius 1 is 1.03 bits per heavy atom. The summed E-state index contributed by atoms with van der Waals surface area (Å²) in [7, 11) is 0. The Hall–Kier alpha value is -2.62. The lowest BCUT2D eigenvalue weighted by Gasteiger charge is -2.47.